The molecule has 18 heavy (non-hydrogen) atoms. The van der Waals surface area contributed by atoms with Crippen LogP contribution >= 0.6 is 15.9 Å². The molecule has 0 aliphatic heterocycles. The second-order valence-electron chi connectivity index (χ2n) is 3.73. The zero-order valence-electron chi connectivity index (χ0n) is 10.9. The fourth-order valence-corrected chi connectivity index (χ4v) is 1.60. The van der Waals surface area contributed by atoms with Gasteiger partial charge in [0.25, 0.3) is 0 Å². The number of halogens is 1. The lowest BCUT2D eigenvalue weighted by atomic mass is 10.3. The van der Waals surface area contributed by atoms with E-state index in [1.165, 1.54) is 0 Å². The van der Waals surface area contributed by atoms with E-state index in [2.05, 4.69) is 38.5 Å². The van der Waals surface area contributed by atoms with E-state index in [1.54, 1.807) is 7.05 Å². The molecule has 0 bridgehead atoms. The fraction of sp³-hybridized carbons (Fsp3) is 0.462. The first-order chi connectivity index (χ1) is 8.76. The molecule has 1 aromatic carbocycles. The second-order valence-corrected chi connectivity index (χ2v) is 4.64. The molecule has 0 aromatic heterocycles. The predicted octanol–water partition coefficient (Wildman–Crippen LogP) is 2.40. The molecule has 1 rings (SSSR count). The molecule has 0 heterocycles. The van der Waals surface area contributed by atoms with Crippen molar-refractivity contribution in [3.63, 3.8) is 0 Å². The van der Waals surface area contributed by atoms with Crippen LogP contribution in [0.1, 0.15) is 13.3 Å². The molecule has 1 aromatic rings. The average molecular weight is 314 g/mol. The standard InChI is InChI=1S/C13H20BrN3O/c1-3-8-16-13(15-2)17-9-10-18-12-6-4-11(14)5-7-12/h4-7H,3,8-10H2,1-2H3,(H2,15,16,17). The summed E-state index contributed by atoms with van der Waals surface area (Å²) in [6.45, 7) is 4.37. The maximum Gasteiger partial charge on any atom is 0.191 e. The highest BCUT2D eigenvalue weighted by molar-refractivity contribution is 9.10. The third kappa shape index (κ3) is 5.91. The van der Waals surface area contributed by atoms with E-state index in [-0.39, 0.29) is 0 Å². The van der Waals surface area contributed by atoms with Gasteiger partial charge in [0.1, 0.15) is 12.4 Å². The van der Waals surface area contributed by atoms with E-state index >= 15 is 0 Å². The normalized spacial score (nSPS) is 11.2. The molecule has 2 N–H and O–H groups in total. The minimum atomic E-state index is 0.606. The molecule has 4 nitrogen and oxygen atoms in total. The van der Waals surface area contributed by atoms with Crippen molar-refractivity contribution in [1.29, 1.82) is 0 Å². The molecule has 0 aliphatic carbocycles. The molecule has 0 spiro atoms. The minimum absolute atomic E-state index is 0.606. The monoisotopic (exact) mass is 313 g/mol. The van der Waals surface area contributed by atoms with Gasteiger partial charge >= 0.3 is 0 Å². The molecule has 0 saturated carbocycles. The third-order valence-corrected chi connectivity index (χ3v) is 2.77. The first-order valence-corrected chi connectivity index (χ1v) is 6.88. The van der Waals surface area contributed by atoms with Crippen molar-refractivity contribution in [3.8, 4) is 5.75 Å². The number of hydrogen-bond donors (Lipinski definition) is 2. The highest BCUT2D eigenvalue weighted by Crippen LogP contribution is 2.15. The predicted molar refractivity (Wildman–Crippen MR) is 79.3 cm³/mol. The second kappa shape index (κ2) is 8.80. The van der Waals surface area contributed by atoms with E-state index in [0.717, 1.165) is 35.7 Å². The molecule has 0 unspecified atom stereocenters. The van der Waals surface area contributed by atoms with Crippen LogP contribution in [-0.2, 0) is 0 Å². The zero-order valence-corrected chi connectivity index (χ0v) is 12.5. The Morgan fingerprint density at radius 3 is 2.50 bits per heavy atom. The van der Waals surface area contributed by atoms with Crippen LogP contribution in [0.15, 0.2) is 33.7 Å². The van der Waals surface area contributed by atoms with Crippen molar-refractivity contribution in [3.05, 3.63) is 28.7 Å². The number of aliphatic imine (C=N–C) groups is 1. The lowest BCUT2D eigenvalue weighted by molar-refractivity contribution is 0.322. The largest absolute Gasteiger partial charge is 0.492 e. The molecule has 0 fully saturated rings. The van der Waals surface area contributed by atoms with Gasteiger partial charge in [-0.25, -0.2) is 0 Å². The van der Waals surface area contributed by atoms with Crippen LogP contribution in [-0.4, -0.2) is 32.7 Å². The molecule has 0 amide bonds. The maximum atomic E-state index is 5.59. The number of benzene rings is 1. The fourth-order valence-electron chi connectivity index (χ4n) is 1.33. The van der Waals surface area contributed by atoms with E-state index in [4.69, 9.17) is 4.74 Å². The van der Waals surface area contributed by atoms with Gasteiger partial charge in [-0.3, -0.25) is 4.99 Å². The number of hydrogen-bond acceptors (Lipinski definition) is 2. The SMILES string of the molecule is CCCNC(=NC)NCCOc1ccc(Br)cc1. The Morgan fingerprint density at radius 2 is 1.89 bits per heavy atom. The third-order valence-electron chi connectivity index (χ3n) is 2.24. The quantitative estimate of drug-likeness (QED) is 0.481. The molecular formula is C13H20BrN3O. The summed E-state index contributed by atoms with van der Waals surface area (Å²) in [5.74, 6) is 1.69. The van der Waals surface area contributed by atoms with Gasteiger partial charge in [-0.15, -0.1) is 0 Å². The first kappa shape index (κ1) is 14.8. The molecule has 0 aliphatic rings. The Hall–Kier alpha value is -1.23. The van der Waals surface area contributed by atoms with Gasteiger partial charge in [0, 0.05) is 18.1 Å². The summed E-state index contributed by atoms with van der Waals surface area (Å²) in [7, 11) is 1.76. The molecular weight excluding hydrogens is 294 g/mol. The van der Waals surface area contributed by atoms with Crippen molar-refractivity contribution in [1.82, 2.24) is 10.6 Å². The van der Waals surface area contributed by atoms with E-state index in [1.807, 2.05) is 24.3 Å². The van der Waals surface area contributed by atoms with Gasteiger partial charge in [-0.05, 0) is 30.7 Å². The van der Waals surface area contributed by atoms with Crippen LogP contribution < -0.4 is 15.4 Å². The van der Waals surface area contributed by atoms with Gasteiger partial charge in [-0.2, -0.15) is 0 Å². The van der Waals surface area contributed by atoms with Crippen molar-refractivity contribution < 1.29 is 4.74 Å². The summed E-state index contributed by atoms with van der Waals surface area (Å²) in [6.07, 6.45) is 1.08. The van der Waals surface area contributed by atoms with Crippen molar-refractivity contribution in [2.75, 3.05) is 26.7 Å². The summed E-state index contributed by atoms with van der Waals surface area (Å²) in [5.41, 5.74) is 0. The molecule has 0 atom stereocenters. The van der Waals surface area contributed by atoms with Crippen LogP contribution in [0, 0.1) is 0 Å². The van der Waals surface area contributed by atoms with Crippen molar-refractivity contribution >= 4 is 21.9 Å². The van der Waals surface area contributed by atoms with Gasteiger partial charge < -0.3 is 15.4 Å². The Bertz CT molecular complexity index is 365. The van der Waals surface area contributed by atoms with Crippen molar-refractivity contribution in [2.24, 2.45) is 4.99 Å². The maximum absolute atomic E-state index is 5.59. The molecule has 0 radical (unpaired) electrons. The van der Waals surface area contributed by atoms with Crippen LogP contribution in [0.3, 0.4) is 0 Å². The molecule has 5 heteroatoms. The van der Waals surface area contributed by atoms with Crippen LogP contribution in [0.25, 0.3) is 0 Å². The van der Waals surface area contributed by atoms with Gasteiger partial charge in [0.2, 0.25) is 0 Å². The Balaban J connectivity index is 2.19. The number of nitrogens with zero attached hydrogens (tertiary/aromatic N) is 1. The molecule has 0 saturated heterocycles. The lowest BCUT2D eigenvalue weighted by Crippen LogP contribution is -2.39. The van der Waals surface area contributed by atoms with Crippen LogP contribution in [0.2, 0.25) is 0 Å². The lowest BCUT2D eigenvalue weighted by Gasteiger charge is -2.11. The Kier molecular flexibility index (Phi) is 7.25. The van der Waals surface area contributed by atoms with E-state index in [9.17, 15) is 0 Å². The average Bonchev–Trinajstić information content (AvgIpc) is 2.40. The van der Waals surface area contributed by atoms with Gasteiger partial charge in [-0.1, -0.05) is 22.9 Å². The Morgan fingerprint density at radius 1 is 1.22 bits per heavy atom. The summed E-state index contributed by atoms with van der Waals surface area (Å²) >= 11 is 3.39. The summed E-state index contributed by atoms with van der Waals surface area (Å²) < 4.78 is 6.65. The number of rotatable bonds is 6. The smallest absolute Gasteiger partial charge is 0.191 e. The number of nitrogens with one attached hydrogen (secondary N) is 2. The Labute approximate surface area is 117 Å². The van der Waals surface area contributed by atoms with Gasteiger partial charge in [0.05, 0.1) is 6.54 Å². The summed E-state index contributed by atoms with van der Waals surface area (Å²) in [5, 5.41) is 6.39. The number of ether oxygens (including phenoxy) is 1. The van der Waals surface area contributed by atoms with E-state index < -0.39 is 0 Å². The van der Waals surface area contributed by atoms with Crippen molar-refractivity contribution in [2.45, 2.75) is 13.3 Å². The van der Waals surface area contributed by atoms with Gasteiger partial charge in [0.15, 0.2) is 5.96 Å². The topological polar surface area (TPSA) is 45.7 Å². The number of guanidine groups is 1. The summed E-state index contributed by atoms with van der Waals surface area (Å²) in [4.78, 5) is 4.11. The highest BCUT2D eigenvalue weighted by atomic mass is 79.9. The highest BCUT2D eigenvalue weighted by Gasteiger charge is 1.96. The zero-order chi connectivity index (χ0) is 13.2. The first-order valence-electron chi connectivity index (χ1n) is 6.09. The minimum Gasteiger partial charge on any atom is -0.492 e. The van der Waals surface area contributed by atoms with Crippen LogP contribution in [0.4, 0.5) is 0 Å². The molecule has 100 valence electrons. The summed E-state index contributed by atoms with van der Waals surface area (Å²) in [6, 6.07) is 7.80. The van der Waals surface area contributed by atoms with E-state index in [0.29, 0.717) is 6.61 Å². The van der Waals surface area contributed by atoms with Crippen LogP contribution in [0.5, 0.6) is 5.75 Å².